The molecule has 0 bridgehead atoms. The first kappa shape index (κ1) is 12.1. The quantitative estimate of drug-likeness (QED) is 0.836. The Bertz CT molecular complexity index is 553. The molecule has 0 amide bonds. The smallest absolute Gasteiger partial charge is 0.165 e. The van der Waals surface area contributed by atoms with Crippen molar-refractivity contribution in [3.05, 3.63) is 58.0 Å². The third-order valence-electron chi connectivity index (χ3n) is 2.50. The van der Waals surface area contributed by atoms with Gasteiger partial charge in [0.25, 0.3) is 0 Å². The fourth-order valence-corrected chi connectivity index (χ4v) is 1.88. The molecular weight excluding hydrogens is 248 g/mol. The molecule has 17 heavy (non-hydrogen) atoms. The number of hydrogen-bond acceptors (Lipinski definition) is 2. The Hall–Kier alpha value is -1.39. The van der Waals surface area contributed by atoms with Crippen LogP contribution in [0.5, 0.6) is 0 Å². The van der Waals surface area contributed by atoms with Crippen molar-refractivity contribution < 1.29 is 13.2 Å². The molecule has 1 heterocycles. The van der Waals surface area contributed by atoms with Gasteiger partial charge in [0.15, 0.2) is 11.6 Å². The maximum atomic E-state index is 13.6. The van der Waals surface area contributed by atoms with E-state index in [4.69, 9.17) is 21.8 Å². The SMILES string of the molecule is Cc1cc(C(N)c2c(Cl)ccc(F)c2F)co1. The van der Waals surface area contributed by atoms with Gasteiger partial charge in [0.1, 0.15) is 5.76 Å². The third kappa shape index (κ3) is 2.18. The van der Waals surface area contributed by atoms with Crippen molar-refractivity contribution in [3.63, 3.8) is 0 Å². The number of nitrogens with two attached hydrogens (primary N) is 1. The number of halogens is 3. The van der Waals surface area contributed by atoms with Crippen LogP contribution in [0, 0.1) is 18.6 Å². The molecule has 0 aliphatic carbocycles. The number of benzene rings is 1. The van der Waals surface area contributed by atoms with Gasteiger partial charge in [-0.15, -0.1) is 0 Å². The molecule has 0 fully saturated rings. The second kappa shape index (κ2) is 4.47. The first-order valence-corrected chi connectivity index (χ1v) is 5.32. The molecule has 2 rings (SSSR count). The van der Waals surface area contributed by atoms with Gasteiger partial charge in [0, 0.05) is 16.1 Å². The van der Waals surface area contributed by atoms with E-state index < -0.39 is 17.7 Å². The molecule has 0 saturated carbocycles. The molecular formula is C12H10ClF2NO. The van der Waals surface area contributed by atoms with Gasteiger partial charge in [-0.25, -0.2) is 8.78 Å². The van der Waals surface area contributed by atoms with Crippen LogP contribution in [0.2, 0.25) is 5.02 Å². The highest BCUT2D eigenvalue weighted by molar-refractivity contribution is 6.31. The standard InChI is InChI=1S/C12H10ClF2NO/c1-6-4-7(5-17-6)12(16)10-8(13)2-3-9(14)11(10)15/h2-5,12H,16H2,1H3. The zero-order valence-electron chi connectivity index (χ0n) is 9.01. The number of rotatable bonds is 2. The van der Waals surface area contributed by atoms with Gasteiger partial charge in [-0.05, 0) is 25.1 Å². The highest BCUT2D eigenvalue weighted by atomic mass is 35.5. The first-order chi connectivity index (χ1) is 8.00. The van der Waals surface area contributed by atoms with Crippen molar-refractivity contribution in [3.8, 4) is 0 Å². The largest absolute Gasteiger partial charge is 0.469 e. The van der Waals surface area contributed by atoms with Gasteiger partial charge in [0.2, 0.25) is 0 Å². The monoisotopic (exact) mass is 257 g/mol. The highest BCUT2D eigenvalue weighted by Gasteiger charge is 2.21. The van der Waals surface area contributed by atoms with Crippen LogP contribution in [0.1, 0.15) is 22.9 Å². The lowest BCUT2D eigenvalue weighted by atomic mass is 10.0. The summed E-state index contributed by atoms with van der Waals surface area (Å²) in [7, 11) is 0. The Morgan fingerprint density at radius 1 is 1.35 bits per heavy atom. The van der Waals surface area contributed by atoms with Gasteiger partial charge in [-0.2, -0.15) is 0 Å². The topological polar surface area (TPSA) is 39.2 Å². The molecule has 1 atom stereocenters. The van der Waals surface area contributed by atoms with E-state index in [2.05, 4.69) is 0 Å². The lowest BCUT2D eigenvalue weighted by molar-refractivity contribution is 0.493. The van der Waals surface area contributed by atoms with Crippen molar-refractivity contribution in [2.24, 2.45) is 5.73 Å². The molecule has 2 nitrogen and oxygen atoms in total. The summed E-state index contributed by atoms with van der Waals surface area (Å²) in [5, 5.41) is 0.0928. The molecule has 1 aromatic carbocycles. The fraction of sp³-hybridized carbons (Fsp3) is 0.167. The zero-order valence-corrected chi connectivity index (χ0v) is 9.76. The molecule has 5 heteroatoms. The van der Waals surface area contributed by atoms with Crippen molar-refractivity contribution in [2.45, 2.75) is 13.0 Å². The summed E-state index contributed by atoms with van der Waals surface area (Å²) in [4.78, 5) is 0. The average molecular weight is 258 g/mol. The van der Waals surface area contributed by atoms with Crippen molar-refractivity contribution in [2.75, 3.05) is 0 Å². The minimum Gasteiger partial charge on any atom is -0.469 e. The molecule has 1 aromatic heterocycles. The molecule has 0 aliphatic rings. The maximum absolute atomic E-state index is 13.6. The number of hydrogen-bond donors (Lipinski definition) is 1. The number of aryl methyl sites for hydroxylation is 1. The van der Waals surface area contributed by atoms with Gasteiger partial charge >= 0.3 is 0 Å². The van der Waals surface area contributed by atoms with Gasteiger partial charge in [0.05, 0.1) is 12.3 Å². The summed E-state index contributed by atoms with van der Waals surface area (Å²) in [5.41, 5.74) is 6.34. The second-order valence-corrected chi connectivity index (χ2v) is 4.13. The Morgan fingerprint density at radius 3 is 2.65 bits per heavy atom. The molecule has 1 unspecified atom stereocenters. The Morgan fingerprint density at radius 2 is 2.06 bits per heavy atom. The van der Waals surface area contributed by atoms with E-state index >= 15 is 0 Å². The van der Waals surface area contributed by atoms with Gasteiger partial charge in [-0.1, -0.05) is 11.6 Å². The summed E-state index contributed by atoms with van der Waals surface area (Å²) in [6.45, 7) is 1.74. The highest BCUT2D eigenvalue weighted by Crippen LogP contribution is 2.30. The lowest BCUT2D eigenvalue weighted by Gasteiger charge is -2.13. The van der Waals surface area contributed by atoms with E-state index in [-0.39, 0.29) is 10.6 Å². The van der Waals surface area contributed by atoms with Crippen LogP contribution in [0.15, 0.2) is 28.9 Å². The van der Waals surface area contributed by atoms with Crippen molar-refractivity contribution in [1.82, 2.24) is 0 Å². The van der Waals surface area contributed by atoms with E-state index in [1.807, 2.05) is 0 Å². The van der Waals surface area contributed by atoms with Crippen LogP contribution < -0.4 is 5.73 Å². The van der Waals surface area contributed by atoms with Crippen LogP contribution in [0.4, 0.5) is 8.78 Å². The molecule has 0 spiro atoms. The molecule has 0 aliphatic heterocycles. The summed E-state index contributed by atoms with van der Waals surface area (Å²) in [5.74, 6) is -1.35. The van der Waals surface area contributed by atoms with E-state index in [0.29, 0.717) is 11.3 Å². The summed E-state index contributed by atoms with van der Waals surface area (Å²) in [6.07, 6.45) is 1.40. The predicted octanol–water partition coefficient (Wildman–Crippen LogP) is 3.57. The molecule has 0 radical (unpaired) electrons. The van der Waals surface area contributed by atoms with Gasteiger partial charge in [-0.3, -0.25) is 0 Å². The van der Waals surface area contributed by atoms with Crippen LogP contribution in [-0.4, -0.2) is 0 Å². The molecule has 0 saturated heterocycles. The molecule has 2 aromatic rings. The zero-order chi connectivity index (χ0) is 12.6. The van der Waals surface area contributed by atoms with Crippen LogP contribution in [-0.2, 0) is 0 Å². The number of furan rings is 1. The molecule has 90 valence electrons. The normalized spacial score (nSPS) is 12.8. The van der Waals surface area contributed by atoms with Gasteiger partial charge < -0.3 is 10.2 Å². The van der Waals surface area contributed by atoms with E-state index in [1.54, 1.807) is 13.0 Å². The fourth-order valence-electron chi connectivity index (χ4n) is 1.62. The summed E-state index contributed by atoms with van der Waals surface area (Å²) >= 11 is 5.84. The predicted molar refractivity (Wildman–Crippen MR) is 60.8 cm³/mol. The molecule has 2 N–H and O–H groups in total. The minimum atomic E-state index is -1.02. The third-order valence-corrected chi connectivity index (χ3v) is 2.83. The maximum Gasteiger partial charge on any atom is 0.165 e. The minimum absolute atomic E-state index is 0.0625. The Balaban J connectivity index is 2.50. The van der Waals surface area contributed by atoms with E-state index in [1.165, 1.54) is 12.3 Å². The average Bonchev–Trinajstić information content (AvgIpc) is 2.71. The lowest BCUT2D eigenvalue weighted by Crippen LogP contribution is -2.14. The van der Waals surface area contributed by atoms with Crippen LogP contribution >= 0.6 is 11.6 Å². The second-order valence-electron chi connectivity index (χ2n) is 3.73. The van der Waals surface area contributed by atoms with E-state index in [9.17, 15) is 8.78 Å². The van der Waals surface area contributed by atoms with E-state index in [0.717, 1.165) is 6.07 Å². The first-order valence-electron chi connectivity index (χ1n) is 4.94. The summed E-state index contributed by atoms with van der Waals surface area (Å²) in [6, 6.07) is 3.05. The van der Waals surface area contributed by atoms with Crippen molar-refractivity contribution >= 4 is 11.6 Å². The van der Waals surface area contributed by atoms with Crippen molar-refractivity contribution in [1.29, 1.82) is 0 Å². The Kier molecular flexibility index (Phi) is 3.17. The Labute approximate surface area is 102 Å². The summed E-state index contributed by atoms with van der Waals surface area (Å²) < 4.78 is 31.8. The van der Waals surface area contributed by atoms with Crippen LogP contribution in [0.25, 0.3) is 0 Å². The van der Waals surface area contributed by atoms with Crippen LogP contribution in [0.3, 0.4) is 0 Å².